The number of halogens is 1. The van der Waals surface area contributed by atoms with Crippen molar-refractivity contribution in [1.29, 1.82) is 0 Å². The van der Waals surface area contributed by atoms with Crippen LogP contribution >= 0.6 is 0 Å². The molecule has 0 fully saturated rings. The van der Waals surface area contributed by atoms with Gasteiger partial charge in [-0.05, 0) is 46.2 Å². The van der Waals surface area contributed by atoms with E-state index in [1.165, 1.54) is 12.1 Å². The summed E-state index contributed by atoms with van der Waals surface area (Å²) in [5.74, 6) is 0.547. The van der Waals surface area contributed by atoms with E-state index in [2.05, 4.69) is 10.3 Å². The molecule has 5 heteroatoms. The van der Waals surface area contributed by atoms with Crippen LogP contribution in [0.5, 0.6) is 11.6 Å². The average molecular weight is 386 g/mol. The predicted octanol–water partition coefficient (Wildman–Crippen LogP) is 5.03. The molecule has 3 aromatic carbocycles. The van der Waals surface area contributed by atoms with Gasteiger partial charge in [-0.2, -0.15) is 0 Å². The fourth-order valence-corrected chi connectivity index (χ4v) is 3.08. The van der Waals surface area contributed by atoms with Crippen molar-refractivity contribution < 1.29 is 13.9 Å². The number of carbonyl (C=O) groups is 1. The zero-order valence-corrected chi connectivity index (χ0v) is 15.6. The summed E-state index contributed by atoms with van der Waals surface area (Å²) in [7, 11) is 0. The normalized spacial score (nSPS) is 10.7. The highest BCUT2D eigenvalue weighted by Crippen LogP contribution is 2.20. The smallest absolute Gasteiger partial charge is 0.224 e. The van der Waals surface area contributed by atoms with Crippen LogP contribution in [0.15, 0.2) is 85.1 Å². The molecule has 0 aliphatic carbocycles. The number of pyridine rings is 1. The Hall–Kier alpha value is -3.73. The van der Waals surface area contributed by atoms with Crippen molar-refractivity contribution in [3.05, 3.63) is 102 Å². The van der Waals surface area contributed by atoms with Crippen molar-refractivity contribution in [2.45, 2.75) is 13.0 Å². The minimum absolute atomic E-state index is 0.0482. The summed E-state index contributed by atoms with van der Waals surface area (Å²) in [6.45, 7) is 0.382. The molecule has 0 saturated carbocycles. The number of nitrogens with zero attached hydrogens (tertiary/aromatic N) is 1. The van der Waals surface area contributed by atoms with E-state index in [4.69, 9.17) is 4.74 Å². The molecule has 0 aliphatic heterocycles. The lowest BCUT2D eigenvalue weighted by molar-refractivity contribution is -0.120. The Bertz CT molecular complexity index is 1120. The van der Waals surface area contributed by atoms with Gasteiger partial charge in [-0.1, -0.05) is 48.5 Å². The minimum atomic E-state index is -0.320. The van der Waals surface area contributed by atoms with Crippen LogP contribution in [-0.4, -0.2) is 10.9 Å². The molecule has 4 rings (SSSR count). The largest absolute Gasteiger partial charge is 0.439 e. The Morgan fingerprint density at radius 3 is 2.52 bits per heavy atom. The maximum atomic E-state index is 12.9. The lowest BCUT2D eigenvalue weighted by Crippen LogP contribution is -2.24. The molecule has 1 heterocycles. The van der Waals surface area contributed by atoms with Crippen LogP contribution in [0.2, 0.25) is 0 Å². The first-order valence-corrected chi connectivity index (χ1v) is 9.29. The Balaban J connectivity index is 1.33. The molecule has 0 bridgehead atoms. The molecule has 0 atom stereocenters. The van der Waals surface area contributed by atoms with Gasteiger partial charge < -0.3 is 10.1 Å². The molecular weight excluding hydrogens is 367 g/mol. The molecular formula is C24H19FN2O2. The van der Waals surface area contributed by atoms with Crippen LogP contribution in [0.3, 0.4) is 0 Å². The molecule has 0 spiro atoms. The van der Waals surface area contributed by atoms with E-state index in [1.54, 1.807) is 24.4 Å². The zero-order chi connectivity index (χ0) is 20.1. The van der Waals surface area contributed by atoms with Crippen LogP contribution in [0.4, 0.5) is 4.39 Å². The highest BCUT2D eigenvalue weighted by atomic mass is 19.1. The minimum Gasteiger partial charge on any atom is -0.439 e. The van der Waals surface area contributed by atoms with Crippen molar-refractivity contribution in [3.63, 3.8) is 0 Å². The van der Waals surface area contributed by atoms with Crippen molar-refractivity contribution in [1.82, 2.24) is 10.3 Å². The third-order valence-electron chi connectivity index (χ3n) is 4.55. The summed E-state index contributed by atoms with van der Waals surface area (Å²) in [6, 6.07) is 23.3. The average Bonchev–Trinajstić information content (AvgIpc) is 2.75. The van der Waals surface area contributed by atoms with E-state index >= 15 is 0 Å². The lowest BCUT2D eigenvalue weighted by Gasteiger charge is -2.09. The van der Waals surface area contributed by atoms with Gasteiger partial charge in [-0.25, -0.2) is 9.37 Å². The van der Waals surface area contributed by atoms with Gasteiger partial charge in [0.1, 0.15) is 11.6 Å². The van der Waals surface area contributed by atoms with Gasteiger partial charge in [0.2, 0.25) is 11.8 Å². The fraction of sp³-hybridized carbons (Fsp3) is 0.0833. The Labute approximate surface area is 168 Å². The third kappa shape index (κ3) is 4.76. The van der Waals surface area contributed by atoms with Crippen molar-refractivity contribution in [3.8, 4) is 11.6 Å². The number of benzene rings is 3. The van der Waals surface area contributed by atoms with E-state index in [1.807, 2.05) is 48.5 Å². The second-order valence-corrected chi connectivity index (χ2v) is 6.65. The first kappa shape index (κ1) is 18.6. The van der Waals surface area contributed by atoms with Crippen molar-refractivity contribution >= 4 is 16.7 Å². The SMILES string of the molecule is O=C(Cc1cccc2ccccc12)NCc1ccc(Oc2ccc(F)cc2)nc1. The van der Waals surface area contributed by atoms with E-state index < -0.39 is 0 Å². The standard InChI is InChI=1S/C24H19FN2O2/c25-20-9-11-21(12-10-20)29-24-13-8-17(16-27-24)15-26-23(28)14-19-6-3-5-18-4-1-2-7-22(18)19/h1-13,16H,14-15H2,(H,26,28). The summed E-state index contributed by atoms with van der Waals surface area (Å²) in [4.78, 5) is 16.6. The maximum Gasteiger partial charge on any atom is 0.224 e. The highest BCUT2D eigenvalue weighted by Gasteiger charge is 2.07. The van der Waals surface area contributed by atoms with E-state index in [-0.39, 0.29) is 11.7 Å². The molecule has 144 valence electrons. The van der Waals surface area contributed by atoms with Crippen molar-refractivity contribution in [2.24, 2.45) is 0 Å². The van der Waals surface area contributed by atoms with E-state index in [0.29, 0.717) is 24.6 Å². The van der Waals surface area contributed by atoms with Crippen LogP contribution in [0.1, 0.15) is 11.1 Å². The number of rotatable bonds is 6. The van der Waals surface area contributed by atoms with Gasteiger partial charge in [-0.15, -0.1) is 0 Å². The van der Waals surface area contributed by atoms with Crippen LogP contribution in [-0.2, 0) is 17.8 Å². The number of hydrogen-bond acceptors (Lipinski definition) is 3. The van der Waals surface area contributed by atoms with Gasteiger partial charge in [0.25, 0.3) is 0 Å². The second-order valence-electron chi connectivity index (χ2n) is 6.65. The number of aromatic nitrogens is 1. The molecule has 1 N–H and O–H groups in total. The van der Waals surface area contributed by atoms with Crippen LogP contribution in [0, 0.1) is 5.82 Å². The fourth-order valence-electron chi connectivity index (χ4n) is 3.08. The summed E-state index contributed by atoms with van der Waals surface area (Å²) in [5.41, 5.74) is 1.87. The molecule has 29 heavy (non-hydrogen) atoms. The maximum absolute atomic E-state index is 12.9. The van der Waals surface area contributed by atoms with Gasteiger partial charge in [0.05, 0.1) is 6.42 Å². The molecule has 1 amide bonds. The quantitative estimate of drug-likeness (QED) is 0.506. The van der Waals surface area contributed by atoms with E-state index in [9.17, 15) is 9.18 Å². The number of fused-ring (bicyclic) bond motifs is 1. The Morgan fingerprint density at radius 1 is 0.931 bits per heavy atom. The Kier molecular flexibility index (Phi) is 5.47. The number of amides is 1. The third-order valence-corrected chi connectivity index (χ3v) is 4.55. The molecule has 4 aromatic rings. The summed E-state index contributed by atoms with van der Waals surface area (Å²) >= 11 is 0. The summed E-state index contributed by atoms with van der Waals surface area (Å²) < 4.78 is 18.5. The second kappa shape index (κ2) is 8.52. The highest BCUT2D eigenvalue weighted by molar-refractivity contribution is 5.90. The lowest BCUT2D eigenvalue weighted by atomic mass is 10.0. The first-order chi connectivity index (χ1) is 14.2. The molecule has 0 radical (unpaired) electrons. The number of hydrogen-bond donors (Lipinski definition) is 1. The summed E-state index contributed by atoms with van der Waals surface area (Å²) in [6.07, 6.45) is 1.97. The zero-order valence-electron chi connectivity index (χ0n) is 15.6. The topological polar surface area (TPSA) is 51.2 Å². The van der Waals surface area contributed by atoms with Crippen molar-refractivity contribution in [2.75, 3.05) is 0 Å². The van der Waals surface area contributed by atoms with Gasteiger partial charge >= 0.3 is 0 Å². The predicted molar refractivity (Wildman–Crippen MR) is 110 cm³/mol. The van der Waals surface area contributed by atoms with Gasteiger partial charge in [0.15, 0.2) is 0 Å². The number of nitrogens with one attached hydrogen (secondary N) is 1. The number of carbonyl (C=O) groups excluding carboxylic acids is 1. The van der Waals surface area contributed by atoms with Gasteiger partial charge in [-0.3, -0.25) is 4.79 Å². The number of ether oxygens (including phenoxy) is 1. The molecule has 4 nitrogen and oxygen atoms in total. The van der Waals surface area contributed by atoms with Gasteiger partial charge in [0, 0.05) is 18.8 Å². The molecule has 0 saturated heterocycles. The van der Waals surface area contributed by atoms with Crippen LogP contribution < -0.4 is 10.1 Å². The monoisotopic (exact) mass is 386 g/mol. The molecule has 0 unspecified atom stereocenters. The summed E-state index contributed by atoms with van der Waals surface area (Å²) in [5, 5.41) is 5.14. The van der Waals surface area contributed by atoms with E-state index in [0.717, 1.165) is 21.9 Å². The first-order valence-electron chi connectivity index (χ1n) is 9.29. The Morgan fingerprint density at radius 2 is 1.72 bits per heavy atom. The molecule has 1 aromatic heterocycles. The van der Waals surface area contributed by atoms with Crippen LogP contribution in [0.25, 0.3) is 10.8 Å². The molecule has 0 aliphatic rings.